The SMILES string of the molecule is COc1ccccc1CC(=O)O.COc1ccccc1Cc1noc2c(-c3ccc(C)o3)nc(N)nc12. The smallest absolute Gasteiger partial charge is 0.307 e. The summed E-state index contributed by atoms with van der Waals surface area (Å²) in [6, 6.07) is 18.5. The minimum Gasteiger partial charge on any atom is -0.496 e. The lowest BCUT2D eigenvalue weighted by Gasteiger charge is -2.06. The second-order valence-corrected chi connectivity index (χ2v) is 8.02. The van der Waals surface area contributed by atoms with Crippen LogP contribution in [0.1, 0.15) is 22.6 Å². The highest BCUT2D eigenvalue weighted by molar-refractivity contribution is 5.88. The fourth-order valence-electron chi connectivity index (χ4n) is 3.78. The number of aliphatic carboxylic acids is 1. The minimum atomic E-state index is -0.848. The molecule has 0 spiro atoms. The molecule has 3 heterocycles. The van der Waals surface area contributed by atoms with Crippen molar-refractivity contribution in [2.75, 3.05) is 20.0 Å². The first-order chi connectivity index (χ1) is 17.9. The Morgan fingerprint density at radius 3 is 2.22 bits per heavy atom. The van der Waals surface area contributed by atoms with Gasteiger partial charge in [0.15, 0.2) is 11.5 Å². The van der Waals surface area contributed by atoms with Crippen molar-refractivity contribution in [1.82, 2.24) is 15.1 Å². The van der Waals surface area contributed by atoms with Gasteiger partial charge in [-0.2, -0.15) is 0 Å². The fraction of sp³-hybridized carbons (Fsp3) is 0.185. The van der Waals surface area contributed by atoms with E-state index in [1.165, 1.54) is 7.11 Å². The standard InChI is InChI=1S/C18H16N4O3.C9H10O3/c1-10-7-8-14(24-10)16-17-15(20-18(19)21-16)12(22-25-17)9-11-5-3-4-6-13(11)23-2;1-12-8-5-3-2-4-7(8)6-9(10)11/h3-8H,9H2,1-2H3,(H2,19,20,21);2-5H,6H2,1H3,(H,10,11). The van der Waals surface area contributed by atoms with Crippen LogP contribution in [0.5, 0.6) is 11.5 Å². The summed E-state index contributed by atoms with van der Waals surface area (Å²) in [5.41, 5.74) is 9.75. The zero-order chi connectivity index (χ0) is 26.4. The topological polar surface area (TPSA) is 147 Å². The van der Waals surface area contributed by atoms with Crippen molar-refractivity contribution in [3.8, 4) is 23.0 Å². The normalized spacial score (nSPS) is 10.6. The number of carboxylic acids is 1. The molecular weight excluding hydrogens is 476 g/mol. The van der Waals surface area contributed by atoms with Crippen LogP contribution in [-0.4, -0.2) is 40.4 Å². The number of benzene rings is 2. The maximum absolute atomic E-state index is 10.4. The Bertz CT molecular complexity index is 1520. The Morgan fingerprint density at radius 1 is 0.946 bits per heavy atom. The number of hydrogen-bond donors (Lipinski definition) is 2. The Hall–Kier alpha value is -4.86. The van der Waals surface area contributed by atoms with Crippen LogP contribution in [-0.2, 0) is 17.6 Å². The molecule has 0 saturated heterocycles. The van der Waals surface area contributed by atoms with E-state index in [0.717, 1.165) is 17.1 Å². The molecule has 0 aliphatic rings. The molecule has 10 nitrogen and oxygen atoms in total. The van der Waals surface area contributed by atoms with Crippen molar-refractivity contribution in [3.05, 3.63) is 83.2 Å². The van der Waals surface area contributed by atoms with Gasteiger partial charge < -0.3 is 29.3 Å². The van der Waals surface area contributed by atoms with Crippen LogP contribution < -0.4 is 15.2 Å². The van der Waals surface area contributed by atoms with Crippen LogP contribution in [0.25, 0.3) is 22.6 Å². The molecule has 0 aliphatic carbocycles. The molecule has 3 N–H and O–H groups in total. The molecule has 0 bridgehead atoms. The van der Waals surface area contributed by atoms with Gasteiger partial charge >= 0.3 is 5.97 Å². The Morgan fingerprint density at radius 2 is 1.59 bits per heavy atom. The number of para-hydroxylation sites is 2. The summed E-state index contributed by atoms with van der Waals surface area (Å²) < 4.78 is 21.5. The van der Waals surface area contributed by atoms with Crippen LogP contribution in [0.4, 0.5) is 5.95 Å². The summed E-state index contributed by atoms with van der Waals surface area (Å²) in [5, 5.41) is 12.7. The second-order valence-electron chi connectivity index (χ2n) is 8.02. The molecule has 0 saturated carbocycles. The summed E-state index contributed by atoms with van der Waals surface area (Å²) >= 11 is 0. The highest BCUT2D eigenvalue weighted by Crippen LogP contribution is 2.31. The van der Waals surface area contributed by atoms with Crippen LogP contribution in [0.2, 0.25) is 0 Å². The van der Waals surface area contributed by atoms with Crippen molar-refractivity contribution < 1.29 is 28.3 Å². The molecule has 10 heteroatoms. The quantitative estimate of drug-likeness (QED) is 0.321. The van der Waals surface area contributed by atoms with Gasteiger partial charge in [-0.05, 0) is 31.2 Å². The number of nitrogen functional groups attached to an aromatic ring is 1. The number of anilines is 1. The number of furan rings is 1. The van der Waals surface area contributed by atoms with Gasteiger partial charge in [-0.1, -0.05) is 41.6 Å². The molecule has 37 heavy (non-hydrogen) atoms. The average Bonchev–Trinajstić information content (AvgIpc) is 3.50. The number of ether oxygens (including phenoxy) is 2. The van der Waals surface area contributed by atoms with Gasteiger partial charge in [-0.25, -0.2) is 9.97 Å². The number of hydrogen-bond acceptors (Lipinski definition) is 9. The molecule has 3 aromatic heterocycles. The first-order valence-electron chi connectivity index (χ1n) is 11.3. The molecule has 0 amide bonds. The molecular formula is C27H26N4O6. The highest BCUT2D eigenvalue weighted by atomic mass is 16.5. The maximum Gasteiger partial charge on any atom is 0.307 e. The van der Waals surface area contributed by atoms with E-state index in [2.05, 4.69) is 15.1 Å². The van der Waals surface area contributed by atoms with Crippen LogP contribution in [0.15, 0.2) is 69.6 Å². The van der Waals surface area contributed by atoms with Crippen molar-refractivity contribution >= 4 is 23.0 Å². The summed E-state index contributed by atoms with van der Waals surface area (Å²) in [6.07, 6.45) is 0.508. The van der Waals surface area contributed by atoms with E-state index in [4.69, 9.17) is 29.3 Å². The predicted molar refractivity (Wildman–Crippen MR) is 137 cm³/mol. The zero-order valence-corrected chi connectivity index (χ0v) is 20.6. The zero-order valence-electron chi connectivity index (χ0n) is 20.6. The number of nitrogens with two attached hydrogens (primary N) is 1. The summed E-state index contributed by atoms with van der Waals surface area (Å²) in [4.78, 5) is 18.9. The largest absolute Gasteiger partial charge is 0.496 e. The van der Waals surface area contributed by atoms with E-state index >= 15 is 0 Å². The van der Waals surface area contributed by atoms with Gasteiger partial charge in [-0.3, -0.25) is 4.79 Å². The molecule has 0 fully saturated rings. The van der Waals surface area contributed by atoms with E-state index in [-0.39, 0.29) is 12.4 Å². The van der Waals surface area contributed by atoms with E-state index < -0.39 is 5.97 Å². The first-order valence-corrected chi connectivity index (χ1v) is 11.3. The number of carboxylic acid groups (broad SMARTS) is 1. The Labute approximate surface area is 212 Å². The van der Waals surface area contributed by atoms with Gasteiger partial charge in [0.25, 0.3) is 0 Å². The lowest BCUT2D eigenvalue weighted by Crippen LogP contribution is -2.01. The molecule has 0 aliphatic heterocycles. The van der Waals surface area contributed by atoms with Crippen molar-refractivity contribution in [1.29, 1.82) is 0 Å². The lowest BCUT2D eigenvalue weighted by molar-refractivity contribution is -0.136. The third-order valence-electron chi connectivity index (χ3n) is 5.46. The van der Waals surface area contributed by atoms with Gasteiger partial charge in [0.1, 0.15) is 28.5 Å². The van der Waals surface area contributed by atoms with Gasteiger partial charge in [-0.15, -0.1) is 0 Å². The second kappa shape index (κ2) is 11.3. The molecule has 0 atom stereocenters. The highest BCUT2D eigenvalue weighted by Gasteiger charge is 2.20. The molecule has 0 radical (unpaired) electrons. The van der Waals surface area contributed by atoms with E-state index in [9.17, 15) is 4.79 Å². The van der Waals surface area contributed by atoms with E-state index in [0.29, 0.717) is 46.0 Å². The number of nitrogens with zero attached hydrogens (tertiary/aromatic N) is 3. The van der Waals surface area contributed by atoms with Crippen LogP contribution >= 0.6 is 0 Å². The van der Waals surface area contributed by atoms with E-state index in [1.54, 1.807) is 25.3 Å². The number of carbonyl (C=O) groups is 1. The van der Waals surface area contributed by atoms with Gasteiger partial charge in [0.05, 0.1) is 20.6 Å². The number of rotatable bonds is 7. The summed E-state index contributed by atoms with van der Waals surface area (Å²) in [7, 11) is 3.16. The molecule has 5 rings (SSSR count). The van der Waals surface area contributed by atoms with Crippen molar-refractivity contribution in [2.45, 2.75) is 19.8 Å². The molecule has 2 aromatic carbocycles. The predicted octanol–water partition coefficient (Wildman–Crippen LogP) is 4.69. The molecule has 0 unspecified atom stereocenters. The first kappa shape index (κ1) is 25.2. The van der Waals surface area contributed by atoms with Crippen LogP contribution in [0.3, 0.4) is 0 Å². The minimum absolute atomic E-state index is 0.00398. The third kappa shape index (κ3) is 5.87. The summed E-state index contributed by atoms with van der Waals surface area (Å²) in [6.45, 7) is 1.86. The molecule has 190 valence electrons. The van der Waals surface area contributed by atoms with Gasteiger partial charge in [0.2, 0.25) is 11.5 Å². The third-order valence-corrected chi connectivity index (χ3v) is 5.46. The Balaban J connectivity index is 0.000000225. The van der Waals surface area contributed by atoms with Crippen LogP contribution in [0, 0.1) is 6.92 Å². The monoisotopic (exact) mass is 502 g/mol. The van der Waals surface area contributed by atoms with E-state index in [1.807, 2.05) is 49.4 Å². The number of methoxy groups -OCH3 is 2. The number of fused-ring (bicyclic) bond motifs is 1. The maximum atomic E-state index is 10.4. The average molecular weight is 503 g/mol. The number of aryl methyl sites for hydroxylation is 1. The van der Waals surface area contributed by atoms with Gasteiger partial charge in [0, 0.05) is 17.5 Å². The number of aromatic nitrogens is 3. The Kier molecular flexibility index (Phi) is 7.68. The lowest BCUT2D eigenvalue weighted by atomic mass is 10.1. The van der Waals surface area contributed by atoms with Crippen molar-refractivity contribution in [2.24, 2.45) is 0 Å². The fourth-order valence-corrected chi connectivity index (χ4v) is 3.78. The van der Waals surface area contributed by atoms with Crippen molar-refractivity contribution in [3.63, 3.8) is 0 Å². The molecule has 5 aromatic rings. The summed E-state index contributed by atoms with van der Waals surface area (Å²) in [5.74, 6) is 2.04.